The molecule has 1 N–H and O–H groups in total. The van der Waals surface area contributed by atoms with Gasteiger partial charge in [0, 0.05) is 43.2 Å². The maximum absolute atomic E-state index is 13.5. The number of nitrogens with zero attached hydrogens (tertiary/aromatic N) is 1. The smallest absolute Gasteiger partial charge is 0.287 e. The fourth-order valence-electron chi connectivity index (χ4n) is 5.96. The average Bonchev–Trinajstić information content (AvgIpc) is 3.04. The molecule has 2 aliphatic rings. The number of halogens is 2. The highest BCUT2D eigenvalue weighted by molar-refractivity contribution is 6.30. The minimum atomic E-state index is -0.531. The van der Waals surface area contributed by atoms with Crippen molar-refractivity contribution in [1.29, 1.82) is 0 Å². The molecule has 4 aromatic rings. The summed E-state index contributed by atoms with van der Waals surface area (Å²) in [5.74, 6) is -0.456. The van der Waals surface area contributed by atoms with Gasteiger partial charge in [0.1, 0.15) is 11.4 Å². The highest BCUT2D eigenvalue weighted by Gasteiger charge is 2.23. The van der Waals surface area contributed by atoms with Gasteiger partial charge in [0.25, 0.3) is 5.91 Å². The Morgan fingerprint density at radius 2 is 1.76 bits per heavy atom. The minimum Gasteiger partial charge on any atom is -0.451 e. The Labute approximate surface area is 267 Å². The maximum atomic E-state index is 13.5. The summed E-state index contributed by atoms with van der Waals surface area (Å²) in [6, 6.07) is 21.0. The molecule has 1 aromatic heterocycles. The lowest BCUT2D eigenvalue weighted by molar-refractivity contribution is -0.133. The van der Waals surface area contributed by atoms with E-state index in [1.807, 2.05) is 42.2 Å². The molecule has 0 radical (unpaired) electrons. The number of allylic oxidation sites excluding steroid dienone is 1. The van der Waals surface area contributed by atoms with Crippen LogP contribution in [0.2, 0.25) is 5.02 Å². The van der Waals surface area contributed by atoms with Crippen LogP contribution in [0.15, 0.2) is 93.7 Å². The van der Waals surface area contributed by atoms with Crippen molar-refractivity contribution in [2.75, 3.05) is 13.1 Å². The summed E-state index contributed by atoms with van der Waals surface area (Å²) >= 11 is 5.61. The Bertz CT molecular complexity index is 1720. The van der Waals surface area contributed by atoms with E-state index in [0.29, 0.717) is 25.4 Å². The first-order valence-electron chi connectivity index (χ1n) is 15.5. The van der Waals surface area contributed by atoms with E-state index in [0.717, 1.165) is 62.2 Å². The molecular formula is C37H38ClFN2O4. The first-order valence-corrected chi connectivity index (χ1v) is 15.9. The van der Waals surface area contributed by atoms with Gasteiger partial charge in [-0.3, -0.25) is 14.4 Å². The molecule has 6 nitrogen and oxygen atoms in total. The zero-order valence-corrected chi connectivity index (χ0v) is 26.2. The van der Waals surface area contributed by atoms with Crippen molar-refractivity contribution < 1.29 is 18.4 Å². The molecule has 0 unspecified atom stereocenters. The van der Waals surface area contributed by atoms with Gasteiger partial charge in [-0.05, 0) is 86.8 Å². The monoisotopic (exact) mass is 628 g/mol. The summed E-state index contributed by atoms with van der Waals surface area (Å²) in [4.78, 5) is 39.1. The quantitative estimate of drug-likeness (QED) is 0.219. The van der Waals surface area contributed by atoms with E-state index < -0.39 is 11.7 Å². The predicted octanol–water partition coefficient (Wildman–Crippen LogP) is 8.11. The number of rotatable bonds is 6. The molecule has 6 rings (SSSR count). The van der Waals surface area contributed by atoms with E-state index in [-0.39, 0.29) is 28.1 Å². The highest BCUT2D eigenvalue weighted by Crippen LogP contribution is 2.37. The van der Waals surface area contributed by atoms with Crippen LogP contribution in [-0.2, 0) is 11.3 Å². The molecule has 2 amide bonds. The molecule has 2 heterocycles. The van der Waals surface area contributed by atoms with Crippen molar-refractivity contribution in [2.45, 2.75) is 64.3 Å². The molecule has 234 valence electrons. The second kappa shape index (κ2) is 15.2. The van der Waals surface area contributed by atoms with Crippen LogP contribution in [0, 0.1) is 12.7 Å². The lowest BCUT2D eigenvalue weighted by Crippen LogP contribution is -2.35. The molecule has 0 atom stereocenters. The third-order valence-corrected chi connectivity index (χ3v) is 8.74. The second-order valence-corrected chi connectivity index (χ2v) is 12.2. The van der Waals surface area contributed by atoms with E-state index in [4.69, 9.17) is 16.0 Å². The fourth-order valence-corrected chi connectivity index (χ4v) is 6.09. The molecule has 1 saturated carbocycles. The SMILES string of the molecule is Cc1ccc(Cl)cc1.O=C(NCC=C1CCC(c2ccccc2CN2CCCCC2=O)CC1)c1cc(=O)c2ccc(F)cc2o1. The number of benzene rings is 3. The molecule has 0 bridgehead atoms. The maximum Gasteiger partial charge on any atom is 0.287 e. The molecule has 45 heavy (non-hydrogen) atoms. The van der Waals surface area contributed by atoms with Crippen LogP contribution in [0.3, 0.4) is 0 Å². The fraction of sp³-hybridized carbons (Fsp3) is 0.324. The number of carbonyl (C=O) groups excluding carboxylic acids is 2. The third kappa shape index (κ3) is 8.70. The van der Waals surface area contributed by atoms with Crippen molar-refractivity contribution in [2.24, 2.45) is 0 Å². The van der Waals surface area contributed by atoms with Crippen LogP contribution >= 0.6 is 11.6 Å². The van der Waals surface area contributed by atoms with Gasteiger partial charge in [0.2, 0.25) is 5.91 Å². The topological polar surface area (TPSA) is 79.6 Å². The Morgan fingerprint density at radius 3 is 2.49 bits per heavy atom. The van der Waals surface area contributed by atoms with E-state index >= 15 is 0 Å². The summed E-state index contributed by atoms with van der Waals surface area (Å²) in [6.45, 7) is 3.90. The van der Waals surface area contributed by atoms with Crippen LogP contribution in [0.4, 0.5) is 4.39 Å². The normalized spacial score (nSPS) is 16.6. The Kier molecular flexibility index (Phi) is 10.8. The van der Waals surface area contributed by atoms with E-state index in [1.54, 1.807) is 0 Å². The lowest BCUT2D eigenvalue weighted by atomic mass is 9.79. The second-order valence-electron chi connectivity index (χ2n) is 11.7. The first kappa shape index (κ1) is 32.2. The average molecular weight is 629 g/mol. The predicted molar refractivity (Wildman–Crippen MR) is 176 cm³/mol. The third-order valence-electron chi connectivity index (χ3n) is 8.48. The number of nitrogens with one attached hydrogen (secondary N) is 1. The number of fused-ring (bicyclic) bond motifs is 1. The number of carbonyl (C=O) groups is 2. The molecule has 1 aliphatic heterocycles. The van der Waals surface area contributed by atoms with Crippen molar-refractivity contribution in [1.82, 2.24) is 10.2 Å². The molecular weight excluding hydrogens is 591 g/mol. The van der Waals surface area contributed by atoms with Crippen LogP contribution in [0.5, 0.6) is 0 Å². The summed E-state index contributed by atoms with van der Waals surface area (Å²) in [7, 11) is 0. The molecule has 2 fully saturated rings. The van der Waals surface area contributed by atoms with Crippen LogP contribution in [0.1, 0.15) is 78.1 Å². The number of aryl methyl sites for hydroxylation is 1. The zero-order valence-electron chi connectivity index (χ0n) is 25.5. The van der Waals surface area contributed by atoms with Crippen molar-refractivity contribution in [3.8, 4) is 0 Å². The molecule has 1 saturated heterocycles. The van der Waals surface area contributed by atoms with Crippen molar-refractivity contribution >= 4 is 34.4 Å². The lowest BCUT2D eigenvalue weighted by Gasteiger charge is -2.30. The zero-order chi connectivity index (χ0) is 31.8. The molecule has 8 heteroatoms. The number of piperidine rings is 1. The van der Waals surface area contributed by atoms with Crippen LogP contribution in [0.25, 0.3) is 11.0 Å². The van der Waals surface area contributed by atoms with Gasteiger partial charge in [-0.15, -0.1) is 0 Å². The van der Waals surface area contributed by atoms with Gasteiger partial charge >= 0.3 is 0 Å². The van der Waals surface area contributed by atoms with E-state index in [2.05, 4.69) is 29.6 Å². The number of likely N-dealkylation sites (tertiary alicyclic amines) is 1. The first-order chi connectivity index (χ1) is 21.8. The highest BCUT2D eigenvalue weighted by atomic mass is 35.5. The van der Waals surface area contributed by atoms with Crippen LogP contribution < -0.4 is 10.7 Å². The molecule has 3 aromatic carbocycles. The van der Waals surface area contributed by atoms with Crippen LogP contribution in [-0.4, -0.2) is 29.8 Å². The van der Waals surface area contributed by atoms with Gasteiger partial charge < -0.3 is 14.6 Å². The van der Waals surface area contributed by atoms with E-state index in [9.17, 15) is 18.8 Å². The van der Waals surface area contributed by atoms with Gasteiger partial charge in [-0.1, -0.05) is 65.2 Å². The Morgan fingerprint density at radius 1 is 1.00 bits per heavy atom. The van der Waals surface area contributed by atoms with Gasteiger partial charge in [-0.2, -0.15) is 0 Å². The summed E-state index contributed by atoms with van der Waals surface area (Å²) in [6.07, 6.45) is 8.70. The summed E-state index contributed by atoms with van der Waals surface area (Å²) in [5, 5.41) is 3.81. The van der Waals surface area contributed by atoms with Gasteiger partial charge in [0.05, 0.1) is 5.39 Å². The minimum absolute atomic E-state index is 0.0549. The van der Waals surface area contributed by atoms with Crippen molar-refractivity contribution in [3.63, 3.8) is 0 Å². The van der Waals surface area contributed by atoms with Crippen molar-refractivity contribution in [3.05, 3.63) is 128 Å². The Hall–Kier alpha value is -4.23. The van der Waals surface area contributed by atoms with Gasteiger partial charge in [0.15, 0.2) is 11.2 Å². The Balaban J connectivity index is 0.000000436. The summed E-state index contributed by atoms with van der Waals surface area (Å²) in [5.41, 5.74) is 4.80. The summed E-state index contributed by atoms with van der Waals surface area (Å²) < 4.78 is 19.0. The van der Waals surface area contributed by atoms with Gasteiger partial charge in [-0.25, -0.2) is 4.39 Å². The number of hydrogen-bond acceptors (Lipinski definition) is 4. The molecule has 0 spiro atoms. The standard InChI is InChI=1S/C30H31FN2O4.C7H7Cl/c31-23-12-13-25-26(34)18-28(37-27(25)17-23)30(36)32-15-14-20-8-10-21(11-9-20)24-6-2-1-5-22(24)19-33-16-4-3-7-29(33)35;1-6-2-4-7(8)5-3-6/h1-2,5-6,12-14,17-18,21H,3-4,7-11,15-16,19H2,(H,32,36);2-5H,1H3. The van der Waals surface area contributed by atoms with E-state index in [1.165, 1.54) is 34.4 Å². The number of amides is 2. The molecule has 1 aliphatic carbocycles. The number of hydrogen-bond donors (Lipinski definition) is 1. The largest absolute Gasteiger partial charge is 0.451 e.